The molecule has 0 spiro atoms. The molecule has 0 aliphatic rings. The summed E-state index contributed by atoms with van der Waals surface area (Å²) >= 11 is 0. The monoisotopic (exact) mass is 680 g/mol. The smallest absolute Gasteiger partial charge is 0.200 e. The van der Waals surface area contributed by atoms with Crippen molar-refractivity contribution in [2.75, 3.05) is 0 Å². The lowest BCUT2D eigenvalue weighted by atomic mass is 9.12. The molecule has 0 heterocycles. The van der Waals surface area contributed by atoms with Crippen molar-refractivity contribution in [3.63, 3.8) is 0 Å². The fourth-order valence-corrected chi connectivity index (χ4v) is 4.87. The second-order valence-corrected chi connectivity index (χ2v) is 8.80. The molecule has 242 valence electrons. The van der Waals surface area contributed by atoms with Crippen LogP contribution in [0.1, 0.15) is 1.43 Å². The van der Waals surface area contributed by atoms with E-state index in [9.17, 15) is 52.7 Å². The van der Waals surface area contributed by atoms with Crippen molar-refractivity contribution in [3.05, 3.63) is 116 Å². The van der Waals surface area contributed by atoms with Gasteiger partial charge in [0.15, 0.2) is 69.8 Å². The van der Waals surface area contributed by atoms with Crippen molar-refractivity contribution >= 4 is 28.0 Å². The quantitative estimate of drug-likeness (QED) is 0.108. The topological polar surface area (TPSA) is 0 Å². The minimum Gasteiger partial charge on any atom is -1.00 e. The summed E-state index contributed by atoms with van der Waals surface area (Å²) in [5.74, 6) is -71.4. The van der Waals surface area contributed by atoms with E-state index in [2.05, 4.69) is 0 Å². The van der Waals surface area contributed by atoms with Crippen molar-refractivity contribution in [1.82, 2.24) is 0 Å². The SMILES string of the molecule is Fc1c(F)c(F)c([B-](c2c(F)c(F)c(F)c(F)c2F)(c2c(F)c(F)c(F)c(F)c2F)c2c(F)c(F)c(F)c(F)c2F)c(F)c1F.[H-]. The molecule has 0 aromatic heterocycles. The lowest BCUT2D eigenvalue weighted by molar-refractivity contribution is 0.378. The average molecular weight is 680 g/mol. The van der Waals surface area contributed by atoms with Gasteiger partial charge in [-0.3, -0.25) is 0 Å². The number of hydrogen-bond acceptors (Lipinski definition) is 0. The highest BCUT2D eigenvalue weighted by atomic mass is 19.2. The first-order valence-electron chi connectivity index (χ1n) is 10.9. The third-order valence-electron chi connectivity index (χ3n) is 6.71. The van der Waals surface area contributed by atoms with E-state index in [1.807, 2.05) is 0 Å². The maximum Gasteiger partial charge on any atom is 0.200 e. The molecule has 0 radical (unpaired) electrons. The maximum absolute atomic E-state index is 15.4. The molecule has 0 N–H and O–H groups in total. The van der Waals surface area contributed by atoms with Gasteiger partial charge in [0.05, 0.1) is 0 Å². The number of rotatable bonds is 4. The van der Waals surface area contributed by atoms with E-state index in [0.717, 1.165) is 0 Å². The Bertz CT molecular complexity index is 1580. The Hall–Kier alpha value is -4.46. The molecule has 0 fully saturated rings. The van der Waals surface area contributed by atoms with Crippen LogP contribution < -0.4 is 21.9 Å². The van der Waals surface area contributed by atoms with Crippen molar-refractivity contribution in [3.8, 4) is 0 Å². The van der Waals surface area contributed by atoms with Gasteiger partial charge in [-0.15, -0.1) is 21.9 Å². The van der Waals surface area contributed by atoms with Crippen LogP contribution in [0.5, 0.6) is 0 Å². The van der Waals surface area contributed by atoms with Gasteiger partial charge in [0.1, 0.15) is 52.7 Å². The lowest BCUT2D eigenvalue weighted by Gasteiger charge is -2.44. The van der Waals surface area contributed by atoms with Gasteiger partial charge in [0, 0.05) is 0 Å². The molecule has 4 aromatic rings. The zero-order valence-corrected chi connectivity index (χ0v) is 20.1. The third kappa shape index (κ3) is 4.18. The van der Waals surface area contributed by atoms with Crippen molar-refractivity contribution in [1.29, 1.82) is 0 Å². The summed E-state index contributed by atoms with van der Waals surface area (Å²) in [5, 5.41) is 0. The zero-order valence-electron chi connectivity index (χ0n) is 21.1. The summed E-state index contributed by atoms with van der Waals surface area (Å²) in [6.07, 6.45) is -7.22. The lowest BCUT2D eigenvalue weighted by Crippen LogP contribution is -2.81. The largest absolute Gasteiger partial charge is 1.00 e. The first kappa shape index (κ1) is 33.4. The van der Waals surface area contributed by atoms with Crippen LogP contribution in [0.2, 0.25) is 0 Å². The maximum atomic E-state index is 15.4. The van der Waals surface area contributed by atoms with Crippen LogP contribution >= 0.6 is 0 Å². The van der Waals surface area contributed by atoms with E-state index in [1.54, 1.807) is 0 Å². The summed E-state index contributed by atoms with van der Waals surface area (Å²) in [6.45, 7) is 0. The minimum atomic E-state index is -7.22. The summed E-state index contributed by atoms with van der Waals surface area (Å²) in [5.41, 5.74) is -14.3. The molecule has 4 rings (SSSR count). The summed E-state index contributed by atoms with van der Waals surface area (Å²) in [6, 6.07) is 0. The predicted octanol–water partition coefficient (Wildman–Crippen LogP) is 5.96. The molecule has 0 bridgehead atoms. The highest BCUT2D eigenvalue weighted by Crippen LogP contribution is 2.30. The van der Waals surface area contributed by atoms with Crippen LogP contribution in [0.3, 0.4) is 0 Å². The van der Waals surface area contributed by atoms with Crippen molar-refractivity contribution in [2.24, 2.45) is 0 Å². The van der Waals surface area contributed by atoms with Crippen LogP contribution in [-0.4, -0.2) is 6.15 Å². The second-order valence-electron chi connectivity index (χ2n) is 8.80. The summed E-state index contributed by atoms with van der Waals surface area (Å²) < 4.78 is 294. The van der Waals surface area contributed by atoms with Crippen LogP contribution in [0.25, 0.3) is 0 Å². The molecule has 0 amide bonds. The molecular weight excluding hydrogens is 679 g/mol. The Balaban J connectivity index is 0.00000576. The van der Waals surface area contributed by atoms with E-state index in [0.29, 0.717) is 0 Å². The van der Waals surface area contributed by atoms with Crippen molar-refractivity contribution < 1.29 is 89.2 Å². The van der Waals surface area contributed by atoms with Gasteiger partial charge < -0.3 is 1.43 Å². The molecule has 4 aromatic carbocycles. The molecule has 45 heavy (non-hydrogen) atoms. The highest BCUT2D eigenvalue weighted by molar-refractivity contribution is 7.20. The van der Waals surface area contributed by atoms with E-state index < -0.39 is 144 Å². The summed E-state index contributed by atoms with van der Waals surface area (Å²) in [4.78, 5) is 0. The summed E-state index contributed by atoms with van der Waals surface area (Å²) in [7, 11) is 0. The Morgan fingerprint density at radius 1 is 0.178 bits per heavy atom. The van der Waals surface area contributed by atoms with E-state index in [-0.39, 0.29) is 1.43 Å². The number of benzene rings is 4. The molecular formula is C24HBF20-2. The van der Waals surface area contributed by atoms with Gasteiger partial charge in [-0.25, -0.2) is 87.8 Å². The minimum absolute atomic E-state index is 0. The molecule has 0 saturated carbocycles. The van der Waals surface area contributed by atoms with Gasteiger partial charge in [0.2, 0.25) is 0 Å². The van der Waals surface area contributed by atoms with E-state index in [1.165, 1.54) is 0 Å². The van der Waals surface area contributed by atoms with E-state index >= 15 is 35.1 Å². The normalized spacial score (nSPS) is 12.0. The fraction of sp³-hybridized carbons (Fsp3) is 0. The molecule has 0 aliphatic heterocycles. The van der Waals surface area contributed by atoms with Gasteiger partial charge in [0.25, 0.3) is 0 Å². The van der Waals surface area contributed by atoms with Gasteiger partial charge in [-0.05, 0) is 0 Å². The molecule has 0 saturated heterocycles. The molecule has 21 heteroatoms. The Labute approximate surface area is 234 Å². The molecule has 0 aliphatic carbocycles. The highest BCUT2D eigenvalue weighted by Gasteiger charge is 2.52. The molecule has 0 nitrogen and oxygen atoms in total. The molecule has 0 unspecified atom stereocenters. The Morgan fingerprint density at radius 3 is 0.378 bits per heavy atom. The van der Waals surface area contributed by atoms with Crippen LogP contribution in [0.4, 0.5) is 87.8 Å². The van der Waals surface area contributed by atoms with Gasteiger partial charge >= 0.3 is 0 Å². The fourth-order valence-electron chi connectivity index (χ4n) is 4.87. The Morgan fingerprint density at radius 2 is 0.267 bits per heavy atom. The standard InChI is InChI=1S/C24BF20.H/c26-5-1(6(27)14(35)21(42)13(5)34)25(2-7(28)15(36)22(43)16(37)8(2)29,3-9(30)17(38)23(44)18(39)10(3)31)4-11(32)19(40)24(45)20(41)12(4)33;/q2*-1. The second kappa shape index (κ2) is 10.9. The molecule has 0 atom stereocenters. The zero-order chi connectivity index (χ0) is 34.4. The average Bonchev–Trinajstić information content (AvgIpc) is 3.00. The predicted molar refractivity (Wildman–Crippen MR) is 110 cm³/mol. The number of hydrogen-bond donors (Lipinski definition) is 0. The van der Waals surface area contributed by atoms with E-state index in [4.69, 9.17) is 0 Å². The van der Waals surface area contributed by atoms with Crippen LogP contribution in [-0.2, 0) is 0 Å². The Kier molecular flexibility index (Phi) is 8.07. The van der Waals surface area contributed by atoms with Crippen molar-refractivity contribution in [2.45, 2.75) is 0 Å². The van der Waals surface area contributed by atoms with Gasteiger partial charge in [-0.1, -0.05) is 0 Å². The van der Waals surface area contributed by atoms with Crippen LogP contribution in [0, 0.1) is 116 Å². The first-order valence-corrected chi connectivity index (χ1v) is 10.9. The van der Waals surface area contributed by atoms with Gasteiger partial charge in [-0.2, -0.15) is 0 Å². The first-order chi connectivity index (χ1) is 20.7. The van der Waals surface area contributed by atoms with Crippen LogP contribution in [0.15, 0.2) is 0 Å². The third-order valence-corrected chi connectivity index (χ3v) is 6.71. The number of halogens is 20.